The number of hydrogen-bond acceptors (Lipinski definition) is 4. The molecule has 0 amide bonds. The first-order valence-corrected chi connectivity index (χ1v) is 16.6. The van der Waals surface area contributed by atoms with E-state index in [-0.39, 0.29) is 39.2 Å². The van der Waals surface area contributed by atoms with Gasteiger partial charge in [-0.25, -0.2) is 0 Å². The predicted octanol–water partition coefficient (Wildman–Crippen LogP) is 6.38. The molecule has 0 aromatic carbocycles. The molecular formula is C35H53N5O2. The highest BCUT2D eigenvalue weighted by molar-refractivity contribution is 5.49. The minimum Gasteiger partial charge on any atom is -0.396 e. The summed E-state index contributed by atoms with van der Waals surface area (Å²) in [5.41, 5.74) is 13.3. The van der Waals surface area contributed by atoms with Gasteiger partial charge in [-0.3, -0.25) is 15.0 Å². The summed E-state index contributed by atoms with van der Waals surface area (Å²) >= 11 is 0. The minimum absolute atomic E-state index is 0.00361. The molecular weight excluding hydrogens is 522 g/mol. The number of aliphatic hydroxyl groups is 1. The van der Waals surface area contributed by atoms with Crippen LogP contribution >= 0.6 is 0 Å². The van der Waals surface area contributed by atoms with Crippen LogP contribution in [0, 0.1) is 45.3 Å². The van der Waals surface area contributed by atoms with Crippen LogP contribution in [0.25, 0.3) is 0 Å². The molecule has 6 N–H and O–H groups in total. The third-order valence-corrected chi connectivity index (χ3v) is 14.4. The number of fused-ring (bicyclic) bond motifs is 8. The molecule has 0 spiro atoms. The Bertz CT molecular complexity index is 1490. The molecule has 8 atom stereocenters. The van der Waals surface area contributed by atoms with Crippen molar-refractivity contribution in [3.63, 3.8) is 0 Å². The monoisotopic (exact) mass is 575 g/mol. The SMILES string of the molecule is CC1(C)CC2C3=CCC4[C@@]5(C)Cc6c(N)n[nH]c6C(C)(C)C5CC[C@@]4(C)[C@]3(C)CC[C@@H]2[C@H](c2[nH][nH]c(=O)c2CCO)C1. The van der Waals surface area contributed by atoms with E-state index in [9.17, 15) is 9.90 Å². The van der Waals surface area contributed by atoms with Crippen LogP contribution in [0.3, 0.4) is 0 Å². The van der Waals surface area contributed by atoms with Crippen molar-refractivity contribution in [2.24, 2.45) is 45.3 Å². The lowest BCUT2D eigenvalue weighted by Gasteiger charge is -2.70. The number of nitrogens with zero attached hydrogens (tertiary/aromatic N) is 1. The van der Waals surface area contributed by atoms with Gasteiger partial charge in [-0.05, 0) is 96.7 Å². The average molecular weight is 576 g/mol. The largest absolute Gasteiger partial charge is 0.396 e. The Kier molecular flexibility index (Phi) is 6.03. The smallest absolute Gasteiger partial charge is 0.267 e. The Morgan fingerprint density at radius 3 is 2.48 bits per heavy atom. The maximum Gasteiger partial charge on any atom is 0.267 e. The molecule has 3 saturated carbocycles. The number of aromatic amines is 3. The van der Waals surface area contributed by atoms with Gasteiger partial charge in [-0.15, -0.1) is 0 Å². The fraction of sp³-hybridized carbons (Fsp3) is 0.771. The number of nitrogen functional groups attached to an aromatic ring is 1. The van der Waals surface area contributed by atoms with Crippen LogP contribution in [0.4, 0.5) is 5.82 Å². The Hall–Kier alpha value is -2.28. The van der Waals surface area contributed by atoms with Crippen molar-refractivity contribution >= 4 is 5.82 Å². The van der Waals surface area contributed by atoms with Gasteiger partial charge < -0.3 is 15.9 Å². The van der Waals surface area contributed by atoms with Gasteiger partial charge in [0.15, 0.2) is 0 Å². The molecule has 2 aromatic heterocycles. The Labute approximate surface area is 250 Å². The number of aromatic nitrogens is 4. The topological polar surface area (TPSA) is 124 Å². The minimum atomic E-state index is -0.0614. The van der Waals surface area contributed by atoms with E-state index in [1.807, 2.05) is 0 Å². The number of nitrogens with two attached hydrogens (primary N) is 1. The maximum absolute atomic E-state index is 12.7. The quantitative estimate of drug-likeness (QED) is 0.272. The predicted molar refractivity (Wildman–Crippen MR) is 167 cm³/mol. The summed E-state index contributed by atoms with van der Waals surface area (Å²) in [6.45, 7) is 17.6. The average Bonchev–Trinajstić information content (AvgIpc) is 3.45. The van der Waals surface area contributed by atoms with E-state index in [1.165, 1.54) is 43.4 Å². The van der Waals surface area contributed by atoms with Gasteiger partial charge in [0.2, 0.25) is 0 Å². The molecule has 3 unspecified atom stereocenters. The Balaban J connectivity index is 1.30. The van der Waals surface area contributed by atoms with Crippen molar-refractivity contribution < 1.29 is 5.11 Å². The molecule has 2 aromatic rings. The normalized spacial score (nSPS) is 41.5. The summed E-state index contributed by atoms with van der Waals surface area (Å²) < 4.78 is 0. The summed E-state index contributed by atoms with van der Waals surface area (Å²) in [6.07, 6.45) is 12.5. The summed E-state index contributed by atoms with van der Waals surface area (Å²) in [4.78, 5) is 12.7. The number of anilines is 1. The van der Waals surface area contributed by atoms with Crippen molar-refractivity contribution in [1.29, 1.82) is 0 Å². The first kappa shape index (κ1) is 28.5. The van der Waals surface area contributed by atoms with E-state index in [1.54, 1.807) is 5.57 Å². The van der Waals surface area contributed by atoms with Gasteiger partial charge in [0.05, 0.1) is 0 Å². The van der Waals surface area contributed by atoms with Crippen molar-refractivity contribution in [2.75, 3.05) is 12.3 Å². The number of nitrogens with one attached hydrogen (secondary N) is 3. The molecule has 7 heteroatoms. The van der Waals surface area contributed by atoms with Crippen LogP contribution in [-0.2, 0) is 18.3 Å². The summed E-state index contributed by atoms with van der Waals surface area (Å²) in [5.74, 6) is 3.25. The zero-order chi connectivity index (χ0) is 30.0. The van der Waals surface area contributed by atoms with Crippen molar-refractivity contribution in [2.45, 2.75) is 118 Å². The first-order valence-electron chi connectivity index (χ1n) is 16.6. The molecule has 0 saturated heterocycles. The number of allylic oxidation sites excluding steroid dienone is 2. The zero-order valence-corrected chi connectivity index (χ0v) is 26.9. The highest BCUT2D eigenvalue weighted by Crippen LogP contribution is 2.74. The fourth-order valence-electron chi connectivity index (χ4n) is 12.4. The fourth-order valence-corrected chi connectivity index (χ4v) is 12.4. The van der Waals surface area contributed by atoms with Crippen LogP contribution < -0.4 is 11.3 Å². The van der Waals surface area contributed by atoms with Gasteiger partial charge in [0.25, 0.3) is 5.56 Å². The molecule has 5 aliphatic carbocycles. The molecule has 0 radical (unpaired) electrons. The van der Waals surface area contributed by atoms with Crippen molar-refractivity contribution in [1.82, 2.24) is 20.4 Å². The lowest BCUT2D eigenvalue weighted by Crippen LogP contribution is -2.63. The summed E-state index contributed by atoms with van der Waals surface area (Å²) in [7, 11) is 0. The number of rotatable bonds is 3. The van der Waals surface area contributed by atoms with Crippen LogP contribution in [0.15, 0.2) is 16.4 Å². The van der Waals surface area contributed by atoms with E-state index >= 15 is 0 Å². The number of hydrogen-bond donors (Lipinski definition) is 5. The molecule has 7 rings (SSSR count). The molecule has 0 bridgehead atoms. The van der Waals surface area contributed by atoms with Gasteiger partial charge in [-0.2, -0.15) is 5.10 Å². The van der Waals surface area contributed by atoms with Crippen molar-refractivity contribution in [3.8, 4) is 0 Å². The zero-order valence-electron chi connectivity index (χ0n) is 26.9. The molecule has 0 aliphatic heterocycles. The first-order chi connectivity index (χ1) is 19.7. The molecule has 5 aliphatic rings. The second-order valence-electron chi connectivity index (χ2n) is 17.1. The van der Waals surface area contributed by atoms with Gasteiger partial charge >= 0.3 is 0 Å². The number of H-pyrrole nitrogens is 3. The Morgan fingerprint density at radius 2 is 1.74 bits per heavy atom. The van der Waals surface area contributed by atoms with Crippen LogP contribution in [0.2, 0.25) is 0 Å². The lowest BCUT2D eigenvalue weighted by molar-refractivity contribution is -0.153. The molecule has 2 heterocycles. The molecule has 3 fully saturated rings. The van der Waals surface area contributed by atoms with Crippen molar-refractivity contribution in [3.05, 3.63) is 44.5 Å². The van der Waals surface area contributed by atoms with Gasteiger partial charge in [0, 0.05) is 46.9 Å². The van der Waals surface area contributed by atoms with E-state index in [4.69, 9.17) is 5.73 Å². The third kappa shape index (κ3) is 3.55. The third-order valence-electron chi connectivity index (χ3n) is 14.4. The Morgan fingerprint density at radius 1 is 1.00 bits per heavy atom. The molecule has 230 valence electrons. The van der Waals surface area contributed by atoms with Gasteiger partial charge in [-0.1, -0.05) is 60.1 Å². The van der Waals surface area contributed by atoms with E-state index in [0.29, 0.717) is 41.8 Å². The van der Waals surface area contributed by atoms with E-state index < -0.39 is 0 Å². The van der Waals surface area contributed by atoms with Crippen LogP contribution in [-0.4, -0.2) is 32.1 Å². The summed E-state index contributed by atoms with van der Waals surface area (Å²) in [6, 6.07) is 0. The van der Waals surface area contributed by atoms with Gasteiger partial charge in [0.1, 0.15) is 5.82 Å². The van der Waals surface area contributed by atoms with E-state index in [2.05, 4.69) is 74.9 Å². The molecule has 7 nitrogen and oxygen atoms in total. The maximum atomic E-state index is 12.7. The highest BCUT2D eigenvalue weighted by atomic mass is 16.3. The summed E-state index contributed by atoms with van der Waals surface area (Å²) in [5, 5.41) is 23.8. The standard InChI is InChI=1S/C35H53N5O2/c1-31(2)16-21-19(22(17-31)27-20(12-15-41)30(42)40-37-27)10-13-34(6)24(21)8-9-26-33(5)18-23-28(38-39-29(23)36)32(3,4)25(33)11-14-35(26,34)7/h8,19,21-22,25-26,41H,9-18H2,1-7H3,(H3,36,38,39)(H2,37,40,42)/t19-,21?,22+,25?,26?,33-,34+,35+/m0/s1. The second kappa shape index (κ2) is 8.89. The lowest BCUT2D eigenvalue weighted by atomic mass is 9.34. The molecule has 42 heavy (non-hydrogen) atoms. The van der Waals surface area contributed by atoms with Crippen LogP contribution in [0.1, 0.15) is 122 Å². The second-order valence-corrected chi connectivity index (χ2v) is 17.1. The van der Waals surface area contributed by atoms with Crippen LogP contribution in [0.5, 0.6) is 0 Å². The van der Waals surface area contributed by atoms with E-state index in [0.717, 1.165) is 30.5 Å². The number of aliphatic hydroxyl groups excluding tert-OH is 1. The highest BCUT2D eigenvalue weighted by Gasteiger charge is 2.67.